The number of primary amides is 1. The average Bonchev–Trinajstić information content (AvgIpc) is 3.28. The van der Waals surface area contributed by atoms with Gasteiger partial charge in [0.05, 0.1) is 10.6 Å². The predicted molar refractivity (Wildman–Crippen MR) is 165 cm³/mol. The first-order valence-corrected chi connectivity index (χ1v) is 16.1. The Morgan fingerprint density at radius 1 is 1.10 bits per heavy atom. The Morgan fingerprint density at radius 3 is 2.38 bits per heavy atom. The molecule has 3 heterocycles. The third-order valence-electron chi connectivity index (χ3n) is 7.49. The third-order valence-corrected chi connectivity index (χ3v) is 9.06. The van der Waals surface area contributed by atoms with Crippen LogP contribution in [0.1, 0.15) is 19.8 Å². The fourth-order valence-corrected chi connectivity index (χ4v) is 6.45. The quantitative estimate of drug-likeness (QED) is 0.248. The molecule has 1 aliphatic heterocycles. The minimum Gasteiger partial charge on any atom is -0.369 e. The number of piperidine rings is 1. The van der Waals surface area contributed by atoms with E-state index in [4.69, 9.17) is 39.0 Å². The van der Waals surface area contributed by atoms with Gasteiger partial charge in [0, 0.05) is 48.5 Å². The molecule has 0 bridgehead atoms. The number of hydrogen-bond donors (Lipinski definition) is 1. The van der Waals surface area contributed by atoms with Crippen LogP contribution < -0.4 is 15.5 Å². The molecule has 1 aliphatic rings. The van der Waals surface area contributed by atoms with Crippen molar-refractivity contribution in [2.45, 2.75) is 19.8 Å². The SMILES string of the molecule is CN(CP(C)C)c1cc(N2CCC(C)(C(N)=O)CC2)n2nc(-c3ccccc3Cl)c(-c3ccc(Cl)cc3)c2n1. The summed E-state index contributed by atoms with van der Waals surface area (Å²) in [6.07, 6.45) is 2.27. The number of amides is 1. The summed E-state index contributed by atoms with van der Waals surface area (Å²) in [5.74, 6) is 1.56. The highest BCUT2D eigenvalue weighted by atomic mass is 35.5. The van der Waals surface area contributed by atoms with Gasteiger partial charge in [-0.1, -0.05) is 68.4 Å². The maximum atomic E-state index is 12.1. The van der Waals surface area contributed by atoms with Crippen LogP contribution in [0.25, 0.3) is 28.0 Å². The lowest BCUT2D eigenvalue weighted by Gasteiger charge is -2.38. The number of carbonyl (C=O) groups excluding carboxylic acids is 1. The van der Waals surface area contributed by atoms with Crippen molar-refractivity contribution in [3.05, 3.63) is 64.6 Å². The zero-order chi connectivity index (χ0) is 27.9. The van der Waals surface area contributed by atoms with Crippen LogP contribution in [0.3, 0.4) is 0 Å². The summed E-state index contributed by atoms with van der Waals surface area (Å²) in [7, 11) is 1.91. The van der Waals surface area contributed by atoms with E-state index in [9.17, 15) is 4.79 Å². The van der Waals surface area contributed by atoms with Crippen LogP contribution in [0, 0.1) is 5.41 Å². The molecule has 2 N–H and O–H groups in total. The predicted octanol–water partition coefficient (Wildman–Crippen LogP) is 6.60. The number of nitrogens with two attached hydrogens (primary N) is 1. The van der Waals surface area contributed by atoms with Crippen LogP contribution in [0.2, 0.25) is 10.0 Å². The minimum absolute atomic E-state index is 0.175. The largest absolute Gasteiger partial charge is 0.369 e. The number of carbonyl (C=O) groups is 1. The van der Waals surface area contributed by atoms with Crippen LogP contribution in [0.4, 0.5) is 11.6 Å². The highest BCUT2D eigenvalue weighted by Crippen LogP contribution is 2.41. The number of hydrogen-bond acceptors (Lipinski definition) is 5. The second-order valence-corrected chi connectivity index (χ2v) is 14.0. The molecule has 10 heteroatoms. The Kier molecular flexibility index (Phi) is 7.78. The average molecular weight is 584 g/mol. The Bertz CT molecular complexity index is 1510. The topological polar surface area (TPSA) is 79.8 Å². The van der Waals surface area contributed by atoms with E-state index in [-0.39, 0.29) is 13.8 Å². The molecule has 0 aliphatic carbocycles. The van der Waals surface area contributed by atoms with Crippen molar-refractivity contribution in [1.82, 2.24) is 14.6 Å². The summed E-state index contributed by atoms with van der Waals surface area (Å²) in [5.41, 5.74) is 9.42. The number of aromatic nitrogens is 3. The molecule has 0 spiro atoms. The third kappa shape index (κ3) is 5.45. The van der Waals surface area contributed by atoms with Crippen molar-refractivity contribution < 1.29 is 4.79 Å². The molecule has 204 valence electrons. The van der Waals surface area contributed by atoms with E-state index in [1.54, 1.807) is 0 Å². The summed E-state index contributed by atoms with van der Waals surface area (Å²) >= 11 is 13.0. The number of anilines is 2. The van der Waals surface area contributed by atoms with Crippen molar-refractivity contribution in [3.8, 4) is 22.4 Å². The summed E-state index contributed by atoms with van der Waals surface area (Å²) in [6.45, 7) is 7.85. The highest BCUT2D eigenvalue weighted by Gasteiger charge is 2.36. The highest BCUT2D eigenvalue weighted by molar-refractivity contribution is 7.56. The Labute approximate surface area is 240 Å². The second-order valence-electron chi connectivity index (χ2n) is 10.7. The zero-order valence-electron chi connectivity index (χ0n) is 22.7. The van der Waals surface area contributed by atoms with E-state index >= 15 is 0 Å². The Hall–Kier alpha value is -2.86. The maximum Gasteiger partial charge on any atom is 0.223 e. The number of fused-ring (bicyclic) bond motifs is 1. The van der Waals surface area contributed by atoms with Gasteiger partial charge in [0.25, 0.3) is 0 Å². The van der Waals surface area contributed by atoms with Crippen LogP contribution in [0.5, 0.6) is 0 Å². The molecule has 39 heavy (non-hydrogen) atoms. The Morgan fingerprint density at radius 2 is 1.77 bits per heavy atom. The van der Waals surface area contributed by atoms with Crippen molar-refractivity contribution in [2.75, 3.05) is 49.6 Å². The van der Waals surface area contributed by atoms with Crippen molar-refractivity contribution in [1.29, 1.82) is 0 Å². The van der Waals surface area contributed by atoms with Crippen LogP contribution in [-0.2, 0) is 4.79 Å². The molecule has 0 saturated carbocycles. The van der Waals surface area contributed by atoms with Crippen LogP contribution in [-0.4, -0.2) is 60.3 Å². The molecule has 1 saturated heterocycles. The normalized spacial score (nSPS) is 15.2. The first-order chi connectivity index (χ1) is 18.6. The standard InChI is InChI=1S/C29H33Cl2N6OP/c1-29(28(32)38)13-15-36(16-14-29)24-17-23(35(2)18-39(3)4)33-27-25(19-9-11-20(30)12-10-19)26(34-37(24)27)21-7-5-6-8-22(21)31/h5-12,17H,13-16,18H2,1-4H3,(H2,32,38). The summed E-state index contributed by atoms with van der Waals surface area (Å²) in [4.78, 5) is 21.8. The molecule has 2 aromatic carbocycles. The van der Waals surface area contributed by atoms with E-state index in [0.717, 1.165) is 46.0 Å². The molecular weight excluding hydrogens is 550 g/mol. The molecule has 0 unspecified atom stereocenters. The van der Waals surface area contributed by atoms with E-state index in [2.05, 4.69) is 36.2 Å². The van der Waals surface area contributed by atoms with Gasteiger partial charge in [-0.2, -0.15) is 9.61 Å². The lowest BCUT2D eigenvalue weighted by atomic mass is 9.80. The molecule has 1 amide bonds. The molecule has 0 radical (unpaired) electrons. The number of rotatable bonds is 7. The molecule has 5 rings (SSSR count). The monoisotopic (exact) mass is 582 g/mol. The lowest BCUT2D eigenvalue weighted by molar-refractivity contribution is -0.127. The fourth-order valence-electron chi connectivity index (χ4n) is 5.11. The van der Waals surface area contributed by atoms with Crippen molar-refractivity contribution in [3.63, 3.8) is 0 Å². The van der Waals surface area contributed by atoms with Gasteiger partial charge in [-0.05, 0) is 49.9 Å². The van der Waals surface area contributed by atoms with Crippen molar-refractivity contribution >= 4 is 54.3 Å². The van der Waals surface area contributed by atoms with Gasteiger partial charge in [-0.15, -0.1) is 0 Å². The van der Waals surface area contributed by atoms with E-state index in [0.29, 0.717) is 36.0 Å². The van der Waals surface area contributed by atoms with Gasteiger partial charge in [-0.3, -0.25) is 4.79 Å². The van der Waals surface area contributed by atoms with Gasteiger partial charge in [-0.25, -0.2) is 4.98 Å². The summed E-state index contributed by atoms with van der Waals surface area (Å²) in [5, 5.41) is 6.42. The van der Waals surface area contributed by atoms with Crippen LogP contribution >= 0.6 is 31.1 Å². The van der Waals surface area contributed by atoms with E-state index in [1.807, 2.05) is 60.0 Å². The number of benzene rings is 2. The summed E-state index contributed by atoms with van der Waals surface area (Å²) < 4.78 is 1.92. The van der Waals surface area contributed by atoms with Gasteiger partial charge >= 0.3 is 0 Å². The minimum atomic E-state index is -0.510. The molecular formula is C29H33Cl2N6OP. The molecule has 1 fully saturated rings. The first kappa shape index (κ1) is 27.7. The number of nitrogens with zero attached hydrogens (tertiary/aromatic N) is 5. The maximum absolute atomic E-state index is 12.1. The van der Waals surface area contributed by atoms with Crippen LogP contribution in [0.15, 0.2) is 54.6 Å². The first-order valence-electron chi connectivity index (χ1n) is 12.9. The second kappa shape index (κ2) is 11.0. The molecule has 7 nitrogen and oxygen atoms in total. The van der Waals surface area contributed by atoms with E-state index < -0.39 is 5.41 Å². The smallest absolute Gasteiger partial charge is 0.223 e. The number of halogens is 2. The Balaban J connectivity index is 1.76. The summed E-state index contributed by atoms with van der Waals surface area (Å²) in [6, 6.07) is 17.6. The van der Waals surface area contributed by atoms with Gasteiger partial charge < -0.3 is 15.5 Å². The zero-order valence-corrected chi connectivity index (χ0v) is 25.1. The van der Waals surface area contributed by atoms with Gasteiger partial charge in [0.15, 0.2) is 5.65 Å². The lowest BCUT2D eigenvalue weighted by Crippen LogP contribution is -2.46. The van der Waals surface area contributed by atoms with Gasteiger partial charge in [0.1, 0.15) is 17.3 Å². The molecule has 4 aromatic rings. The fraction of sp³-hybridized carbons (Fsp3) is 0.345. The van der Waals surface area contributed by atoms with Gasteiger partial charge in [0.2, 0.25) is 5.91 Å². The van der Waals surface area contributed by atoms with Crippen molar-refractivity contribution in [2.24, 2.45) is 11.1 Å². The molecule has 0 atom stereocenters. The molecule has 2 aromatic heterocycles. The van der Waals surface area contributed by atoms with E-state index in [1.165, 1.54) is 0 Å².